The van der Waals surface area contributed by atoms with Gasteiger partial charge in [0.05, 0.1) is 13.7 Å². The van der Waals surface area contributed by atoms with E-state index in [0.717, 1.165) is 6.07 Å². The zero-order valence-electron chi connectivity index (χ0n) is 10.1. The van der Waals surface area contributed by atoms with E-state index in [4.69, 9.17) is 9.84 Å². The van der Waals surface area contributed by atoms with Crippen LogP contribution in [0.5, 0.6) is 5.75 Å². The topological polar surface area (TPSA) is 29.5 Å². The molecule has 2 aromatic rings. The summed E-state index contributed by atoms with van der Waals surface area (Å²) in [7, 11) is 1.31. The van der Waals surface area contributed by atoms with Crippen LogP contribution in [-0.2, 0) is 6.61 Å². The number of benzene rings is 2. The van der Waals surface area contributed by atoms with E-state index < -0.39 is 24.1 Å². The highest BCUT2D eigenvalue weighted by molar-refractivity contribution is 5.65. The maximum Gasteiger partial charge on any atom is 0.167 e. The van der Waals surface area contributed by atoms with Crippen LogP contribution in [0.4, 0.5) is 13.2 Å². The molecule has 0 amide bonds. The molecule has 0 heterocycles. The van der Waals surface area contributed by atoms with Crippen molar-refractivity contribution in [2.24, 2.45) is 0 Å². The van der Waals surface area contributed by atoms with E-state index in [2.05, 4.69) is 0 Å². The molecule has 0 aliphatic carbocycles. The number of rotatable bonds is 3. The molecule has 0 aliphatic rings. The standard InChI is InChI=1S/C14H11F3O2/c1-19-12-5-3-8(6-11(12)15)10-4-2-9(7-18)13(16)14(10)17/h2-6,18H,7H2,1H3. The zero-order valence-corrected chi connectivity index (χ0v) is 10.1. The first-order valence-electron chi connectivity index (χ1n) is 5.50. The van der Waals surface area contributed by atoms with Gasteiger partial charge in [0, 0.05) is 11.1 Å². The predicted molar refractivity (Wildman–Crippen MR) is 64.2 cm³/mol. The molecule has 0 unspecified atom stereocenters. The maximum absolute atomic E-state index is 13.8. The minimum absolute atomic E-state index is 0.0246. The average molecular weight is 268 g/mol. The van der Waals surface area contributed by atoms with Crippen LogP contribution in [0, 0.1) is 17.5 Å². The monoisotopic (exact) mass is 268 g/mol. The fraction of sp³-hybridized carbons (Fsp3) is 0.143. The molecule has 1 N–H and O–H groups in total. The molecular weight excluding hydrogens is 257 g/mol. The summed E-state index contributed by atoms with van der Waals surface area (Å²) in [4.78, 5) is 0. The molecule has 0 radical (unpaired) electrons. The van der Waals surface area contributed by atoms with E-state index in [1.807, 2.05) is 0 Å². The number of hydrogen-bond acceptors (Lipinski definition) is 2. The minimum Gasteiger partial charge on any atom is -0.494 e. The van der Waals surface area contributed by atoms with E-state index in [-0.39, 0.29) is 22.4 Å². The van der Waals surface area contributed by atoms with Gasteiger partial charge in [-0.15, -0.1) is 0 Å². The first kappa shape index (κ1) is 13.4. The SMILES string of the molecule is COc1ccc(-c2ccc(CO)c(F)c2F)cc1F. The largest absolute Gasteiger partial charge is 0.494 e. The summed E-state index contributed by atoms with van der Waals surface area (Å²) < 4.78 is 45.6. The van der Waals surface area contributed by atoms with Gasteiger partial charge in [0.2, 0.25) is 0 Å². The first-order chi connectivity index (χ1) is 9.08. The third kappa shape index (κ3) is 2.42. The summed E-state index contributed by atoms with van der Waals surface area (Å²) in [5.41, 5.74) is -0.0225. The fourth-order valence-corrected chi connectivity index (χ4v) is 1.77. The molecule has 2 aromatic carbocycles. The molecule has 2 rings (SSSR count). The number of aliphatic hydroxyl groups is 1. The Kier molecular flexibility index (Phi) is 3.76. The lowest BCUT2D eigenvalue weighted by Crippen LogP contribution is -1.97. The Morgan fingerprint density at radius 3 is 2.37 bits per heavy atom. The smallest absolute Gasteiger partial charge is 0.167 e. The Morgan fingerprint density at radius 2 is 1.79 bits per heavy atom. The molecule has 0 atom stereocenters. The third-order valence-electron chi connectivity index (χ3n) is 2.80. The molecular formula is C14H11F3O2. The van der Waals surface area contributed by atoms with Gasteiger partial charge >= 0.3 is 0 Å². The Labute approximate surface area is 108 Å². The highest BCUT2D eigenvalue weighted by Crippen LogP contribution is 2.29. The highest BCUT2D eigenvalue weighted by atomic mass is 19.2. The number of halogens is 3. The van der Waals surface area contributed by atoms with Crippen LogP contribution in [0.1, 0.15) is 5.56 Å². The Balaban J connectivity index is 2.53. The van der Waals surface area contributed by atoms with Crippen molar-refractivity contribution in [3.05, 3.63) is 53.3 Å². The molecule has 0 fully saturated rings. The van der Waals surface area contributed by atoms with Crippen molar-refractivity contribution in [2.45, 2.75) is 6.61 Å². The van der Waals surface area contributed by atoms with Gasteiger partial charge in [0.15, 0.2) is 23.2 Å². The second-order valence-corrected chi connectivity index (χ2v) is 3.91. The van der Waals surface area contributed by atoms with E-state index in [1.54, 1.807) is 0 Å². The lowest BCUT2D eigenvalue weighted by molar-refractivity contribution is 0.273. The van der Waals surface area contributed by atoms with Crippen molar-refractivity contribution in [1.29, 1.82) is 0 Å². The summed E-state index contributed by atoms with van der Waals surface area (Å²) in [5.74, 6) is -2.88. The van der Waals surface area contributed by atoms with Crippen molar-refractivity contribution < 1.29 is 23.0 Å². The normalized spacial score (nSPS) is 10.6. The Bertz CT molecular complexity index is 612. The van der Waals surface area contributed by atoms with Gasteiger partial charge in [-0.1, -0.05) is 18.2 Å². The Morgan fingerprint density at radius 1 is 1.05 bits per heavy atom. The van der Waals surface area contributed by atoms with Crippen molar-refractivity contribution in [2.75, 3.05) is 7.11 Å². The van der Waals surface area contributed by atoms with E-state index in [0.29, 0.717) is 0 Å². The van der Waals surface area contributed by atoms with Crippen molar-refractivity contribution >= 4 is 0 Å². The van der Waals surface area contributed by atoms with E-state index in [1.165, 1.54) is 31.4 Å². The third-order valence-corrected chi connectivity index (χ3v) is 2.80. The molecule has 100 valence electrons. The van der Waals surface area contributed by atoms with E-state index >= 15 is 0 Å². The van der Waals surface area contributed by atoms with Crippen molar-refractivity contribution in [3.63, 3.8) is 0 Å². The average Bonchev–Trinajstić information content (AvgIpc) is 2.41. The van der Waals surface area contributed by atoms with Crippen molar-refractivity contribution in [1.82, 2.24) is 0 Å². The number of aliphatic hydroxyl groups excluding tert-OH is 1. The zero-order chi connectivity index (χ0) is 14.0. The molecule has 2 nitrogen and oxygen atoms in total. The van der Waals surface area contributed by atoms with Gasteiger partial charge in [0.1, 0.15) is 0 Å². The first-order valence-corrected chi connectivity index (χ1v) is 5.50. The lowest BCUT2D eigenvalue weighted by Gasteiger charge is -2.09. The predicted octanol–water partition coefficient (Wildman–Crippen LogP) is 3.27. The van der Waals surface area contributed by atoms with Crippen LogP contribution in [0.2, 0.25) is 0 Å². The maximum atomic E-state index is 13.8. The second-order valence-electron chi connectivity index (χ2n) is 3.91. The molecule has 0 bridgehead atoms. The van der Waals surface area contributed by atoms with Crippen LogP contribution in [0.3, 0.4) is 0 Å². The van der Waals surface area contributed by atoms with E-state index in [9.17, 15) is 13.2 Å². The van der Waals surface area contributed by atoms with Gasteiger partial charge in [-0.25, -0.2) is 13.2 Å². The highest BCUT2D eigenvalue weighted by Gasteiger charge is 2.15. The van der Waals surface area contributed by atoms with Gasteiger partial charge in [-0.3, -0.25) is 0 Å². The number of ether oxygens (including phenoxy) is 1. The number of hydrogen-bond donors (Lipinski definition) is 1. The van der Waals surface area contributed by atoms with Gasteiger partial charge < -0.3 is 9.84 Å². The van der Waals surface area contributed by atoms with Gasteiger partial charge in [0.25, 0.3) is 0 Å². The molecule has 0 aromatic heterocycles. The van der Waals surface area contributed by atoms with Crippen LogP contribution >= 0.6 is 0 Å². The van der Waals surface area contributed by atoms with Gasteiger partial charge in [-0.05, 0) is 17.7 Å². The molecule has 5 heteroatoms. The summed E-state index contributed by atoms with van der Waals surface area (Å²) in [5, 5.41) is 8.83. The number of methoxy groups -OCH3 is 1. The Hall–Kier alpha value is -2.01. The fourth-order valence-electron chi connectivity index (χ4n) is 1.77. The molecule has 0 aliphatic heterocycles. The second kappa shape index (κ2) is 5.32. The van der Waals surface area contributed by atoms with Crippen LogP contribution in [-0.4, -0.2) is 12.2 Å². The molecule has 19 heavy (non-hydrogen) atoms. The summed E-state index contributed by atoms with van der Waals surface area (Å²) in [6.45, 7) is -0.597. The summed E-state index contributed by atoms with van der Waals surface area (Å²) >= 11 is 0. The van der Waals surface area contributed by atoms with Crippen LogP contribution in [0.25, 0.3) is 11.1 Å². The summed E-state index contributed by atoms with van der Waals surface area (Å²) in [6, 6.07) is 6.39. The minimum atomic E-state index is -1.13. The van der Waals surface area contributed by atoms with Gasteiger partial charge in [-0.2, -0.15) is 0 Å². The molecule has 0 saturated heterocycles. The van der Waals surface area contributed by atoms with Crippen LogP contribution in [0.15, 0.2) is 30.3 Å². The lowest BCUT2D eigenvalue weighted by atomic mass is 10.0. The molecule has 0 spiro atoms. The van der Waals surface area contributed by atoms with Crippen LogP contribution < -0.4 is 4.74 Å². The molecule has 0 saturated carbocycles. The quantitative estimate of drug-likeness (QED) is 0.925. The van der Waals surface area contributed by atoms with Crippen molar-refractivity contribution in [3.8, 4) is 16.9 Å². The summed E-state index contributed by atoms with van der Waals surface area (Å²) in [6.07, 6.45) is 0.